The van der Waals surface area contributed by atoms with Crippen molar-refractivity contribution in [3.63, 3.8) is 0 Å². The second kappa shape index (κ2) is 6.34. The van der Waals surface area contributed by atoms with Crippen LogP contribution >= 0.6 is 0 Å². The molecule has 1 unspecified atom stereocenters. The molecule has 1 saturated carbocycles. The number of fused-ring (bicyclic) bond motifs is 1. The van der Waals surface area contributed by atoms with Gasteiger partial charge in [-0.2, -0.15) is 0 Å². The van der Waals surface area contributed by atoms with Gasteiger partial charge in [-0.25, -0.2) is 14.4 Å². The van der Waals surface area contributed by atoms with Gasteiger partial charge in [0, 0.05) is 19.6 Å². The maximum absolute atomic E-state index is 14.3. The van der Waals surface area contributed by atoms with Gasteiger partial charge < -0.3 is 10.2 Å². The molecule has 0 bridgehead atoms. The summed E-state index contributed by atoms with van der Waals surface area (Å²) in [5.41, 5.74) is 0.598. The summed E-state index contributed by atoms with van der Waals surface area (Å²) >= 11 is 0. The molecule has 4 rings (SSSR count). The maximum Gasteiger partial charge on any atom is 0.224 e. The second-order valence-electron chi connectivity index (χ2n) is 6.80. The number of hydrogen-bond acceptors (Lipinski definition) is 4. The Kier molecular flexibility index (Phi) is 4.04. The van der Waals surface area contributed by atoms with E-state index in [9.17, 15) is 9.18 Å². The Morgan fingerprint density at radius 1 is 1.29 bits per heavy atom. The van der Waals surface area contributed by atoms with Gasteiger partial charge in [0.25, 0.3) is 0 Å². The van der Waals surface area contributed by atoms with Crippen LogP contribution in [0.4, 0.5) is 10.2 Å². The monoisotopic (exact) mass is 328 g/mol. The van der Waals surface area contributed by atoms with Crippen LogP contribution in [0.1, 0.15) is 25.7 Å². The van der Waals surface area contributed by atoms with Crippen LogP contribution < -0.4 is 10.2 Å². The second-order valence-corrected chi connectivity index (χ2v) is 6.80. The molecule has 1 saturated heterocycles. The summed E-state index contributed by atoms with van der Waals surface area (Å²) < 4.78 is 14.3. The van der Waals surface area contributed by atoms with Crippen LogP contribution in [0, 0.1) is 17.7 Å². The third-order valence-corrected chi connectivity index (χ3v) is 4.95. The Balaban J connectivity index is 1.54. The van der Waals surface area contributed by atoms with E-state index in [1.165, 1.54) is 25.2 Å². The molecule has 5 nitrogen and oxygen atoms in total. The first-order valence-electron chi connectivity index (χ1n) is 8.64. The minimum atomic E-state index is -0.316. The summed E-state index contributed by atoms with van der Waals surface area (Å²) in [6, 6.07) is 4.87. The molecule has 1 aliphatic carbocycles. The number of halogens is 1. The number of carbonyl (C=O) groups is 1. The van der Waals surface area contributed by atoms with Crippen molar-refractivity contribution in [3.8, 4) is 0 Å². The Morgan fingerprint density at radius 2 is 2.17 bits per heavy atom. The number of hydrogen-bond donors (Lipinski definition) is 1. The predicted octanol–water partition coefficient (Wildman–Crippen LogP) is 2.51. The van der Waals surface area contributed by atoms with Crippen molar-refractivity contribution in [2.45, 2.75) is 25.7 Å². The minimum Gasteiger partial charge on any atom is -0.356 e. The number of nitrogens with one attached hydrogen (secondary N) is 1. The molecule has 126 valence electrons. The van der Waals surface area contributed by atoms with E-state index < -0.39 is 0 Å². The lowest BCUT2D eigenvalue weighted by molar-refractivity contribution is -0.125. The van der Waals surface area contributed by atoms with Crippen LogP contribution in [0.3, 0.4) is 0 Å². The van der Waals surface area contributed by atoms with Gasteiger partial charge in [-0.15, -0.1) is 0 Å². The number of nitrogens with zero attached hydrogens (tertiary/aromatic N) is 3. The summed E-state index contributed by atoms with van der Waals surface area (Å²) in [4.78, 5) is 22.9. The van der Waals surface area contributed by atoms with E-state index in [0.717, 1.165) is 25.9 Å². The number of aromatic nitrogens is 2. The standard InChI is InChI=1S/C18H21FN4O/c19-14-4-1-5-15-16(14)17(22-11-21-15)23-8-2-3-13(10-23)18(24)20-9-12-6-7-12/h1,4-5,11-13H,2-3,6-10H2,(H,20,24). The highest BCUT2D eigenvalue weighted by atomic mass is 19.1. The summed E-state index contributed by atoms with van der Waals surface area (Å²) in [6.07, 6.45) is 5.69. The molecule has 2 aliphatic rings. The van der Waals surface area contributed by atoms with Crippen molar-refractivity contribution in [1.82, 2.24) is 15.3 Å². The van der Waals surface area contributed by atoms with E-state index in [0.29, 0.717) is 29.2 Å². The molecule has 0 radical (unpaired) electrons. The van der Waals surface area contributed by atoms with E-state index >= 15 is 0 Å². The molecular weight excluding hydrogens is 307 g/mol. The van der Waals surface area contributed by atoms with Gasteiger partial charge in [-0.1, -0.05) is 6.07 Å². The summed E-state index contributed by atoms with van der Waals surface area (Å²) in [5.74, 6) is 1.01. The molecule has 1 aromatic heterocycles. The molecule has 0 spiro atoms. The average molecular weight is 328 g/mol. The van der Waals surface area contributed by atoms with Crippen LogP contribution in [0.25, 0.3) is 10.9 Å². The Bertz CT molecular complexity index is 757. The van der Waals surface area contributed by atoms with Crippen molar-refractivity contribution in [1.29, 1.82) is 0 Å². The number of amides is 1. The lowest BCUT2D eigenvalue weighted by Crippen LogP contribution is -2.44. The Morgan fingerprint density at radius 3 is 3.00 bits per heavy atom. The van der Waals surface area contributed by atoms with Crippen LogP contribution in [-0.4, -0.2) is 35.5 Å². The molecule has 1 N–H and O–H groups in total. The highest BCUT2D eigenvalue weighted by Gasteiger charge is 2.29. The molecule has 2 aromatic rings. The van der Waals surface area contributed by atoms with E-state index in [-0.39, 0.29) is 17.6 Å². The van der Waals surface area contributed by atoms with Crippen molar-refractivity contribution in [2.75, 3.05) is 24.5 Å². The normalized spacial score (nSPS) is 21.0. The molecule has 24 heavy (non-hydrogen) atoms. The van der Waals surface area contributed by atoms with Crippen LogP contribution in [0.15, 0.2) is 24.5 Å². The fourth-order valence-electron chi connectivity index (χ4n) is 3.39. The third kappa shape index (κ3) is 3.05. The van der Waals surface area contributed by atoms with Gasteiger partial charge in [-0.3, -0.25) is 4.79 Å². The number of rotatable bonds is 4. The van der Waals surface area contributed by atoms with E-state index in [1.54, 1.807) is 12.1 Å². The third-order valence-electron chi connectivity index (χ3n) is 4.95. The largest absolute Gasteiger partial charge is 0.356 e. The van der Waals surface area contributed by atoms with E-state index in [4.69, 9.17) is 0 Å². The summed E-state index contributed by atoms with van der Waals surface area (Å²) in [6.45, 7) is 2.16. The van der Waals surface area contributed by atoms with Gasteiger partial charge in [0.1, 0.15) is 18.0 Å². The maximum atomic E-state index is 14.3. The number of benzene rings is 1. The van der Waals surface area contributed by atoms with E-state index in [1.807, 2.05) is 4.90 Å². The lowest BCUT2D eigenvalue weighted by atomic mass is 9.96. The van der Waals surface area contributed by atoms with Crippen LogP contribution in [-0.2, 0) is 4.79 Å². The van der Waals surface area contributed by atoms with Crippen LogP contribution in [0.5, 0.6) is 0 Å². The van der Waals surface area contributed by atoms with Gasteiger partial charge in [0.2, 0.25) is 5.91 Å². The van der Waals surface area contributed by atoms with Gasteiger partial charge in [0.05, 0.1) is 16.8 Å². The SMILES string of the molecule is O=C(NCC1CC1)C1CCCN(c2ncnc3cccc(F)c23)C1. The zero-order valence-electron chi connectivity index (χ0n) is 13.5. The topological polar surface area (TPSA) is 58.1 Å². The van der Waals surface area contributed by atoms with Gasteiger partial charge in [-0.05, 0) is 43.7 Å². The molecule has 2 heterocycles. The first-order valence-corrected chi connectivity index (χ1v) is 8.64. The predicted molar refractivity (Wildman–Crippen MR) is 90.2 cm³/mol. The first-order chi connectivity index (χ1) is 11.7. The zero-order chi connectivity index (χ0) is 16.5. The quantitative estimate of drug-likeness (QED) is 0.937. The number of carbonyl (C=O) groups excluding carboxylic acids is 1. The van der Waals surface area contributed by atoms with Crippen LogP contribution in [0.2, 0.25) is 0 Å². The summed E-state index contributed by atoms with van der Waals surface area (Å²) in [5, 5.41) is 3.51. The Labute approximate surface area is 140 Å². The molecule has 1 atom stereocenters. The smallest absolute Gasteiger partial charge is 0.224 e. The first kappa shape index (κ1) is 15.3. The van der Waals surface area contributed by atoms with Gasteiger partial charge >= 0.3 is 0 Å². The van der Waals surface area contributed by atoms with Crippen molar-refractivity contribution < 1.29 is 9.18 Å². The number of anilines is 1. The van der Waals surface area contributed by atoms with Crippen molar-refractivity contribution >= 4 is 22.6 Å². The fraction of sp³-hybridized carbons (Fsp3) is 0.500. The average Bonchev–Trinajstić information content (AvgIpc) is 3.44. The molecule has 1 amide bonds. The Hall–Kier alpha value is -2.24. The molecular formula is C18H21FN4O. The van der Waals surface area contributed by atoms with Gasteiger partial charge in [0.15, 0.2) is 0 Å². The zero-order valence-corrected chi connectivity index (χ0v) is 13.5. The fourth-order valence-corrected chi connectivity index (χ4v) is 3.39. The molecule has 2 fully saturated rings. The van der Waals surface area contributed by atoms with Crippen molar-refractivity contribution in [2.24, 2.45) is 11.8 Å². The lowest BCUT2D eigenvalue weighted by Gasteiger charge is -2.33. The number of piperidine rings is 1. The van der Waals surface area contributed by atoms with Crippen molar-refractivity contribution in [3.05, 3.63) is 30.3 Å². The molecule has 1 aromatic carbocycles. The molecule has 1 aliphatic heterocycles. The minimum absolute atomic E-state index is 0.0608. The highest BCUT2D eigenvalue weighted by molar-refractivity contribution is 5.90. The summed E-state index contributed by atoms with van der Waals surface area (Å²) in [7, 11) is 0. The van der Waals surface area contributed by atoms with E-state index in [2.05, 4.69) is 15.3 Å². The molecule has 6 heteroatoms. The highest BCUT2D eigenvalue weighted by Crippen LogP contribution is 2.30.